The first-order valence-electron chi connectivity index (χ1n) is 6.90. The molecule has 2 unspecified atom stereocenters. The van der Waals surface area contributed by atoms with E-state index in [4.69, 9.17) is 4.74 Å². The molecular formula is C15H20FN3O. The number of halogens is 1. The second-order valence-corrected chi connectivity index (χ2v) is 5.39. The topological polar surface area (TPSA) is 38.2 Å². The molecule has 1 aliphatic rings. The number of aromatic nitrogens is 2. The fourth-order valence-electron chi connectivity index (χ4n) is 2.64. The molecule has 20 heavy (non-hydrogen) atoms. The van der Waals surface area contributed by atoms with Crippen LogP contribution in [0.4, 0.5) is 10.2 Å². The Bertz CT molecular complexity index is 514. The lowest BCUT2D eigenvalue weighted by Gasteiger charge is -2.35. The minimum atomic E-state index is -0.403. The standard InChI is InChI=1S/C15H20FN3O/c1-4-5-6-20-15-17-8-13(16)14(18-15)19-9-11(2)7-12(3)10-19/h8,11-12H,6-7,9-10H2,1-3H3. The molecule has 0 N–H and O–H groups in total. The van der Waals surface area contributed by atoms with E-state index in [2.05, 4.69) is 35.7 Å². The number of nitrogens with zero attached hydrogens (tertiary/aromatic N) is 3. The van der Waals surface area contributed by atoms with E-state index in [1.807, 2.05) is 4.90 Å². The summed E-state index contributed by atoms with van der Waals surface area (Å²) in [5.74, 6) is 6.48. The van der Waals surface area contributed by atoms with Crippen LogP contribution in [0.25, 0.3) is 0 Å². The number of hydrogen-bond acceptors (Lipinski definition) is 4. The van der Waals surface area contributed by atoms with Crippen molar-refractivity contribution in [3.8, 4) is 17.9 Å². The zero-order valence-electron chi connectivity index (χ0n) is 12.2. The molecule has 1 fully saturated rings. The average molecular weight is 277 g/mol. The van der Waals surface area contributed by atoms with E-state index in [1.165, 1.54) is 12.6 Å². The van der Waals surface area contributed by atoms with Gasteiger partial charge in [0.2, 0.25) is 0 Å². The maximum atomic E-state index is 13.9. The van der Waals surface area contributed by atoms with Crippen LogP contribution in [-0.4, -0.2) is 29.7 Å². The van der Waals surface area contributed by atoms with E-state index < -0.39 is 5.82 Å². The SMILES string of the molecule is CC#CCOc1ncc(F)c(N2CC(C)CC(C)C2)n1. The van der Waals surface area contributed by atoms with E-state index in [0.717, 1.165) is 13.1 Å². The number of piperidine rings is 1. The highest BCUT2D eigenvalue weighted by Crippen LogP contribution is 2.27. The van der Waals surface area contributed by atoms with Crippen LogP contribution >= 0.6 is 0 Å². The van der Waals surface area contributed by atoms with Crippen LogP contribution in [0, 0.1) is 29.5 Å². The minimum absolute atomic E-state index is 0.176. The van der Waals surface area contributed by atoms with Crippen molar-refractivity contribution >= 4 is 5.82 Å². The Balaban J connectivity index is 2.16. The van der Waals surface area contributed by atoms with Gasteiger partial charge >= 0.3 is 6.01 Å². The van der Waals surface area contributed by atoms with E-state index >= 15 is 0 Å². The predicted octanol–water partition coefficient (Wildman–Crippen LogP) is 2.50. The van der Waals surface area contributed by atoms with E-state index in [1.54, 1.807) is 6.92 Å². The molecule has 108 valence electrons. The van der Waals surface area contributed by atoms with Gasteiger partial charge in [-0.1, -0.05) is 19.8 Å². The molecule has 1 aromatic heterocycles. The quantitative estimate of drug-likeness (QED) is 0.796. The zero-order valence-corrected chi connectivity index (χ0v) is 12.2. The Morgan fingerprint density at radius 1 is 1.40 bits per heavy atom. The highest BCUT2D eigenvalue weighted by molar-refractivity contribution is 5.40. The molecule has 0 saturated carbocycles. The molecule has 0 aromatic carbocycles. The maximum absolute atomic E-state index is 13.9. The molecule has 1 aliphatic heterocycles. The fourth-order valence-corrected chi connectivity index (χ4v) is 2.64. The van der Waals surface area contributed by atoms with Gasteiger partial charge in [0.05, 0.1) is 6.20 Å². The van der Waals surface area contributed by atoms with Gasteiger partial charge in [-0.25, -0.2) is 9.37 Å². The van der Waals surface area contributed by atoms with Gasteiger partial charge in [-0.05, 0) is 25.2 Å². The summed E-state index contributed by atoms with van der Waals surface area (Å²) in [6.07, 6.45) is 2.33. The van der Waals surface area contributed by atoms with E-state index in [9.17, 15) is 4.39 Å². The summed E-state index contributed by atoms with van der Waals surface area (Å²) in [4.78, 5) is 10.0. The Morgan fingerprint density at radius 3 is 2.75 bits per heavy atom. The maximum Gasteiger partial charge on any atom is 0.319 e. The van der Waals surface area contributed by atoms with Crippen molar-refractivity contribution in [2.24, 2.45) is 11.8 Å². The van der Waals surface area contributed by atoms with Crippen LogP contribution in [0.3, 0.4) is 0 Å². The fraction of sp³-hybridized carbons (Fsp3) is 0.600. The second-order valence-electron chi connectivity index (χ2n) is 5.39. The van der Waals surface area contributed by atoms with Crippen LogP contribution in [-0.2, 0) is 0 Å². The smallest absolute Gasteiger partial charge is 0.319 e. The summed E-state index contributed by atoms with van der Waals surface area (Å²) in [6, 6.07) is 0.176. The lowest BCUT2D eigenvalue weighted by atomic mass is 9.92. The van der Waals surface area contributed by atoms with Gasteiger partial charge in [-0.2, -0.15) is 4.98 Å². The number of hydrogen-bond donors (Lipinski definition) is 0. The lowest BCUT2D eigenvalue weighted by Crippen LogP contribution is -2.39. The molecule has 1 saturated heterocycles. The van der Waals surface area contributed by atoms with E-state index in [0.29, 0.717) is 17.7 Å². The van der Waals surface area contributed by atoms with Crippen LogP contribution in [0.1, 0.15) is 27.2 Å². The molecule has 0 aliphatic carbocycles. The van der Waals surface area contributed by atoms with Gasteiger partial charge in [0, 0.05) is 13.1 Å². The summed E-state index contributed by atoms with van der Waals surface area (Å²) >= 11 is 0. The average Bonchev–Trinajstić information content (AvgIpc) is 2.40. The molecule has 4 nitrogen and oxygen atoms in total. The third kappa shape index (κ3) is 3.60. The minimum Gasteiger partial charge on any atom is -0.450 e. The summed E-state index contributed by atoms with van der Waals surface area (Å²) in [7, 11) is 0. The molecule has 1 aromatic rings. The van der Waals surface area contributed by atoms with Crippen molar-refractivity contribution in [2.45, 2.75) is 27.2 Å². The van der Waals surface area contributed by atoms with Gasteiger partial charge < -0.3 is 9.64 Å². The molecule has 0 spiro atoms. The van der Waals surface area contributed by atoms with Crippen molar-refractivity contribution in [1.82, 2.24) is 9.97 Å². The Hall–Kier alpha value is -1.83. The first-order chi connectivity index (χ1) is 9.60. The van der Waals surface area contributed by atoms with Crippen molar-refractivity contribution in [3.63, 3.8) is 0 Å². The highest BCUT2D eigenvalue weighted by Gasteiger charge is 2.25. The third-order valence-corrected chi connectivity index (χ3v) is 3.32. The first kappa shape index (κ1) is 14.6. The number of rotatable bonds is 3. The summed E-state index contributed by atoms with van der Waals surface area (Å²) in [6.45, 7) is 7.93. The Kier molecular flexibility index (Phi) is 4.78. The van der Waals surface area contributed by atoms with Crippen molar-refractivity contribution < 1.29 is 9.13 Å². The molecule has 0 radical (unpaired) electrons. The van der Waals surface area contributed by atoms with Crippen molar-refractivity contribution in [2.75, 3.05) is 24.6 Å². The molecule has 5 heteroatoms. The van der Waals surface area contributed by atoms with Crippen LogP contribution in [0.5, 0.6) is 6.01 Å². The number of anilines is 1. The highest BCUT2D eigenvalue weighted by atomic mass is 19.1. The molecular weight excluding hydrogens is 257 g/mol. The third-order valence-electron chi connectivity index (χ3n) is 3.32. The van der Waals surface area contributed by atoms with Crippen LogP contribution in [0.2, 0.25) is 0 Å². The van der Waals surface area contributed by atoms with Crippen molar-refractivity contribution in [3.05, 3.63) is 12.0 Å². The summed E-state index contributed by atoms with van der Waals surface area (Å²) in [5.41, 5.74) is 0. The monoisotopic (exact) mass is 277 g/mol. The lowest BCUT2D eigenvalue weighted by molar-refractivity contribution is 0.330. The molecule has 2 rings (SSSR count). The number of ether oxygens (including phenoxy) is 1. The molecule has 2 atom stereocenters. The Morgan fingerprint density at radius 2 is 2.10 bits per heavy atom. The first-order valence-corrected chi connectivity index (χ1v) is 6.90. The summed E-state index contributed by atoms with van der Waals surface area (Å²) in [5, 5.41) is 0. The second kappa shape index (κ2) is 6.56. The molecule has 0 amide bonds. The molecule has 2 heterocycles. The van der Waals surface area contributed by atoms with Gasteiger partial charge in [-0.15, -0.1) is 5.92 Å². The predicted molar refractivity (Wildman–Crippen MR) is 76.1 cm³/mol. The van der Waals surface area contributed by atoms with Gasteiger partial charge in [0.1, 0.15) is 0 Å². The zero-order chi connectivity index (χ0) is 14.5. The summed E-state index contributed by atoms with van der Waals surface area (Å²) < 4.78 is 19.2. The Labute approximate surface area is 119 Å². The van der Waals surface area contributed by atoms with Crippen molar-refractivity contribution in [1.29, 1.82) is 0 Å². The van der Waals surface area contributed by atoms with Gasteiger partial charge in [0.25, 0.3) is 0 Å². The van der Waals surface area contributed by atoms with E-state index in [-0.39, 0.29) is 12.6 Å². The van der Waals surface area contributed by atoms with Crippen LogP contribution < -0.4 is 9.64 Å². The molecule has 0 bridgehead atoms. The van der Waals surface area contributed by atoms with Crippen LogP contribution in [0.15, 0.2) is 6.20 Å². The normalized spacial score (nSPS) is 22.1. The largest absolute Gasteiger partial charge is 0.450 e. The van der Waals surface area contributed by atoms with Gasteiger partial charge in [0.15, 0.2) is 18.2 Å². The van der Waals surface area contributed by atoms with Gasteiger partial charge in [-0.3, -0.25) is 0 Å².